The standard InChI is InChI=1S/C27H37BN5O2S/c1-4-33(5-2)26-24-8-6-7-9-25(24)31-27(32-26)29-18-20-10-12-21(13-11-20)19-30-36(34,35)23-16-14-22(28-3)15-17-23/h6-9,14-17,20-21,30H,4-5,10-13,18-19H2,1-3H3,(H,29,31,32). The van der Waals surface area contributed by atoms with Crippen molar-refractivity contribution in [2.24, 2.45) is 11.8 Å². The number of nitrogens with one attached hydrogen (secondary N) is 2. The Kier molecular flexibility index (Phi) is 8.85. The van der Waals surface area contributed by atoms with Crippen molar-refractivity contribution in [3.8, 4) is 0 Å². The summed E-state index contributed by atoms with van der Waals surface area (Å²) in [5.41, 5.74) is 1.97. The zero-order chi connectivity index (χ0) is 25.5. The van der Waals surface area contributed by atoms with Crippen LogP contribution in [0.5, 0.6) is 0 Å². The average Bonchev–Trinajstić information content (AvgIpc) is 2.92. The van der Waals surface area contributed by atoms with Gasteiger partial charge in [-0.25, -0.2) is 18.1 Å². The van der Waals surface area contributed by atoms with Crippen LogP contribution in [-0.2, 0) is 10.0 Å². The third kappa shape index (κ3) is 6.37. The Morgan fingerprint density at radius 2 is 1.56 bits per heavy atom. The molecular formula is C27H37BN5O2S. The SMILES string of the molecule is C[B]c1ccc(S(=O)(=O)NCC2CCC(CNc3nc(N(CC)CC)c4ccccc4n3)CC2)cc1. The molecule has 9 heteroatoms. The van der Waals surface area contributed by atoms with Crippen LogP contribution in [0.3, 0.4) is 0 Å². The van der Waals surface area contributed by atoms with E-state index >= 15 is 0 Å². The second-order valence-corrected chi connectivity index (χ2v) is 11.3. The van der Waals surface area contributed by atoms with Crippen LogP contribution in [0.4, 0.5) is 11.8 Å². The topological polar surface area (TPSA) is 87.2 Å². The van der Waals surface area contributed by atoms with Crippen molar-refractivity contribution in [1.29, 1.82) is 0 Å². The van der Waals surface area contributed by atoms with Gasteiger partial charge in [0.1, 0.15) is 13.1 Å². The van der Waals surface area contributed by atoms with Gasteiger partial charge in [0, 0.05) is 31.6 Å². The van der Waals surface area contributed by atoms with Crippen LogP contribution < -0.4 is 20.4 Å². The van der Waals surface area contributed by atoms with Crippen LogP contribution in [0.25, 0.3) is 10.9 Å². The first-order chi connectivity index (χ1) is 17.4. The van der Waals surface area contributed by atoms with Crippen molar-refractivity contribution in [2.45, 2.75) is 51.2 Å². The number of aromatic nitrogens is 2. The Labute approximate surface area is 216 Å². The van der Waals surface area contributed by atoms with E-state index in [1.54, 1.807) is 12.1 Å². The Bertz CT molecular complexity index is 1240. The molecule has 0 spiro atoms. The van der Waals surface area contributed by atoms with Crippen molar-refractivity contribution in [3.63, 3.8) is 0 Å². The molecule has 0 unspecified atom stereocenters. The number of anilines is 2. The molecule has 1 radical (unpaired) electrons. The first kappa shape index (κ1) is 26.4. The highest BCUT2D eigenvalue weighted by Gasteiger charge is 2.24. The second kappa shape index (κ2) is 12.1. The molecule has 1 heterocycles. The minimum atomic E-state index is -3.47. The van der Waals surface area contributed by atoms with Crippen molar-refractivity contribution in [2.75, 3.05) is 36.4 Å². The van der Waals surface area contributed by atoms with Crippen molar-refractivity contribution in [3.05, 3.63) is 48.5 Å². The van der Waals surface area contributed by atoms with Crippen molar-refractivity contribution >= 4 is 45.4 Å². The quantitative estimate of drug-likeness (QED) is 0.382. The lowest BCUT2D eigenvalue weighted by Gasteiger charge is -2.29. The van der Waals surface area contributed by atoms with Crippen molar-refractivity contribution in [1.82, 2.24) is 14.7 Å². The molecule has 191 valence electrons. The molecule has 7 nitrogen and oxygen atoms in total. The van der Waals surface area contributed by atoms with Gasteiger partial charge in [-0.3, -0.25) is 0 Å². The van der Waals surface area contributed by atoms with Gasteiger partial charge < -0.3 is 10.2 Å². The van der Waals surface area contributed by atoms with E-state index in [9.17, 15) is 8.42 Å². The molecule has 0 amide bonds. The highest BCUT2D eigenvalue weighted by Crippen LogP contribution is 2.30. The van der Waals surface area contributed by atoms with E-state index < -0.39 is 10.0 Å². The van der Waals surface area contributed by atoms with Crippen molar-refractivity contribution < 1.29 is 8.42 Å². The van der Waals surface area contributed by atoms with Gasteiger partial charge in [0.15, 0.2) is 0 Å². The number of benzene rings is 2. The van der Waals surface area contributed by atoms with Gasteiger partial charge in [0.25, 0.3) is 0 Å². The van der Waals surface area contributed by atoms with Gasteiger partial charge in [-0.05, 0) is 75.6 Å². The lowest BCUT2D eigenvalue weighted by molar-refractivity contribution is 0.284. The highest BCUT2D eigenvalue weighted by atomic mass is 32.2. The van der Waals surface area contributed by atoms with Gasteiger partial charge in [-0.1, -0.05) is 36.6 Å². The molecule has 0 atom stereocenters. The van der Waals surface area contributed by atoms with E-state index in [0.29, 0.717) is 29.2 Å². The molecule has 1 saturated carbocycles. The number of hydrogen-bond donors (Lipinski definition) is 2. The molecule has 3 aromatic rings. The van der Waals surface area contributed by atoms with Crippen LogP contribution in [-0.4, -0.2) is 51.8 Å². The Morgan fingerprint density at radius 1 is 0.917 bits per heavy atom. The second-order valence-electron chi connectivity index (χ2n) is 9.54. The summed E-state index contributed by atoms with van der Waals surface area (Å²) in [6, 6.07) is 15.2. The van der Waals surface area contributed by atoms with Gasteiger partial charge in [-0.2, -0.15) is 4.98 Å². The van der Waals surface area contributed by atoms with E-state index in [2.05, 4.69) is 34.9 Å². The zero-order valence-corrected chi connectivity index (χ0v) is 22.4. The fourth-order valence-electron chi connectivity index (χ4n) is 4.93. The number of rotatable bonds is 11. The van der Waals surface area contributed by atoms with E-state index in [0.717, 1.165) is 67.5 Å². The summed E-state index contributed by atoms with van der Waals surface area (Å²) in [6.45, 7) is 9.34. The minimum Gasteiger partial charge on any atom is -0.356 e. The summed E-state index contributed by atoms with van der Waals surface area (Å²) in [6.07, 6.45) is 4.16. The molecule has 2 aromatic carbocycles. The molecule has 0 saturated heterocycles. The summed E-state index contributed by atoms with van der Waals surface area (Å²) in [4.78, 5) is 12.2. The summed E-state index contributed by atoms with van der Waals surface area (Å²) >= 11 is 0. The van der Waals surface area contributed by atoms with E-state index in [1.807, 2.05) is 44.4 Å². The van der Waals surface area contributed by atoms with Gasteiger partial charge in [-0.15, -0.1) is 0 Å². The molecule has 0 aliphatic heterocycles. The van der Waals surface area contributed by atoms with Crippen LogP contribution in [0.1, 0.15) is 39.5 Å². The molecule has 2 N–H and O–H groups in total. The molecule has 1 aliphatic rings. The zero-order valence-electron chi connectivity index (χ0n) is 21.6. The Morgan fingerprint density at radius 3 is 2.19 bits per heavy atom. The normalized spacial score (nSPS) is 18.2. The summed E-state index contributed by atoms with van der Waals surface area (Å²) in [5, 5.41) is 4.57. The van der Waals surface area contributed by atoms with E-state index in [1.165, 1.54) is 0 Å². The summed E-state index contributed by atoms with van der Waals surface area (Å²) < 4.78 is 28.1. The molecule has 1 fully saturated rings. The number of para-hydroxylation sites is 1. The maximum absolute atomic E-state index is 12.7. The Balaban J connectivity index is 1.30. The smallest absolute Gasteiger partial charge is 0.240 e. The van der Waals surface area contributed by atoms with Crippen LogP contribution in [0.15, 0.2) is 53.4 Å². The molecule has 4 rings (SSSR count). The number of nitrogens with zero attached hydrogens (tertiary/aromatic N) is 3. The third-order valence-electron chi connectivity index (χ3n) is 7.25. The predicted molar refractivity (Wildman–Crippen MR) is 150 cm³/mol. The highest BCUT2D eigenvalue weighted by molar-refractivity contribution is 7.89. The van der Waals surface area contributed by atoms with Gasteiger partial charge >= 0.3 is 0 Å². The number of sulfonamides is 1. The molecule has 0 bridgehead atoms. The number of hydrogen-bond acceptors (Lipinski definition) is 6. The number of fused-ring (bicyclic) bond motifs is 1. The summed E-state index contributed by atoms with van der Waals surface area (Å²) in [5.74, 6) is 2.55. The largest absolute Gasteiger partial charge is 0.356 e. The fourth-order valence-corrected chi connectivity index (χ4v) is 6.04. The van der Waals surface area contributed by atoms with Crippen LogP contribution in [0.2, 0.25) is 6.82 Å². The molecule has 36 heavy (non-hydrogen) atoms. The van der Waals surface area contributed by atoms with Gasteiger partial charge in [0.05, 0.1) is 10.4 Å². The minimum absolute atomic E-state index is 0.324. The van der Waals surface area contributed by atoms with Crippen LogP contribution in [0, 0.1) is 11.8 Å². The van der Waals surface area contributed by atoms with E-state index in [-0.39, 0.29) is 0 Å². The Hall–Kier alpha value is -2.65. The van der Waals surface area contributed by atoms with E-state index in [4.69, 9.17) is 9.97 Å². The molecule has 1 aromatic heterocycles. The fraction of sp³-hybridized carbons (Fsp3) is 0.481. The third-order valence-corrected chi connectivity index (χ3v) is 8.69. The van der Waals surface area contributed by atoms with Crippen LogP contribution >= 0.6 is 0 Å². The van der Waals surface area contributed by atoms with Gasteiger partial charge in [0.2, 0.25) is 16.0 Å². The maximum Gasteiger partial charge on any atom is 0.240 e. The molecular weight excluding hydrogens is 469 g/mol. The summed E-state index contributed by atoms with van der Waals surface area (Å²) in [7, 11) is -1.52. The maximum atomic E-state index is 12.7. The lowest BCUT2D eigenvalue weighted by atomic mass is 9.74. The lowest BCUT2D eigenvalue weighted by Crippen LogP contribution is -2.32. The predicted octanol–water partition coefficient (Wildman–Crippen LogP) is 4.05. The first-order valence-electron chi connectivity index (χ1n) is 13.1. The monoisotopic (exact) mass is 506 g/mol. The first-order valence-corrected chi connectivity index (χ1v) is 14.6. The average molecular weight is 507 g/mol. The molecule has 1 aliphatic carbocycles.